The maximum atomic E-state index is 8.74. The van der Waals surface area contributed by atoms with Crippen molar-refractivity contribution in [1.29, 1.82) is 0 Å². The van der Waals surface area contributed by atoms with Gasteiger partial charge in [-0.3, -0.25) is 0 Å². The van der Waals surface area contributed by atoms with E-state index in [1.165, 1.54) is 25.7 Å². The number of unbranched alkanes of at least 4 members (excludes halogenated alkanes) is 3. The molecule has 0 radical (unpaired) electrons. The van der Waals surface area contributed by atoms with Crippen LogP contribution in [-0.2, 0) is 13.1 Å². The average Bonchev–Trinajstić information content (AvgIpc) is 2.61. The van der Waals surface area contributed by atoms with Gasteiger partial charge in [0.2, 0.25) is 6.33 Å². The van der Waals surface area contributed by atoms with Crippen molar-refractivity contribution in [1.82, 2.24) is 4.57 Å². The molecule has 0 unspecified atom stereocenters. The minimum absolute atomic E-state index is 0. The molecule has 1 heterocycles. The minimum atomic E-state index is 0. The van der Waals surface area contributed by atoms with Crippen LogP contribution in [0.4, 0.5) is 0 Å². The van der Waals surface area contributed by atoms with Gasteiger partial charge in [0, 0.05) is 0 Å². The Kier molecular flexibility index (Phi) is 8.43. The van der Waals surface area contributed by atoms with E-state index in [-0.39, 0.29) is 19.0 Å². The predicted molar refractivity (Wildman–Crippen MR) is 55.9 cm³/mol. The smallest absolute Gasteiger partial charge is 0.243 e. The molecule has 1 aromatic heterocycles. The van der Waals surface area contributed by atoms with Crippen LogP contribution in [0.25, 0.3) is 0 Å². The van der Waals surface area contributed by atoms with Crippen LogP contribution in [0, 0.1) is 0 Å². The summed E-state index contributed by atoms with van der Waals surface area (Å²) in [6.07, 6.45) is 11.3. The Balaban J connectivity index is 0.00000196. The Labute approximate surface area is 98.1 Å². The number of nitrogens with zero attached hydrogens (tertiary/aromatic N) is 2. The average molecular weight is 233 g/mol. The molecule has 88 valence electrons. The monoisotopic (exact) mass is 232 g/mol. The molecule has 0 atom stereocenters. The number of rotatable bonds is 7. The Morgan fingerprint density at radius 3 is 2.73 bits per heavy atom. The first-order chi connectivity index (χ1) is 6.86. The first-order valence-corrected chi connectivity index (χ1v) is 5.52. The van der Waals surface area contributed by atoms with Crippen molar-refractivity contribution in [2.45, 2.75) is 45.7 Å². The molecule has 0 fully saturated rings. The van der Waals surface area contributed by atoms with Gasteiger partial charge in [0.25, 0.3) is 0 Å². The summed E-state index contributed by atoms with van der Waals surface area (Å²) in [7, 11) is 0. The molecule has 0 aromatic carbocycles. The predicted octanol–water partition coefficient (Wildman–Crippen LogP) is -1.65. The number of aliphatic hydroxyl groups excluding tert-OH is 1. The fourth-order valence-corrected chi connectivity index (χ4v) is 1.54. The first kappa shape index (κ1) is 14.5. The Bertz CT molecular complexity index is 250. The number of hydrogen-bond donors (Lipinski definition) is 1. The van der Waals surface area contributed by atoms with Crippen molar-refractivity contribution in [3.63, 3.8) is 0 Å². The summed E-state index contributed by atoms with van der Waals surface area (Å²) >= 11 is 0. The molecule has 1 aromatic rings. The SMILES string of the molecule is CCCCCC[n+]1ccn(CCO)c1.[Cl-]. The quantitative estimate of drug-likeness (QED) is 0.443. The van der Waals surface area contributed by atoms with E-state index < -0.39 is 0 Å². The largest absolute Gasteiger partial charge is 1.00 e. The fourth-order valence-electron chi connectivity index (χ4n) is 1.54. The normalized spacial score (nSPS) is 10.0. The zero-order valence-corrected chi connectivity index (χ0v) is 10.2. The van der Waals surface area contributed by atoms with E-state index in [0.29, 0.717) is 6.54 Å². The second-order valence-corrected chi connectivity index (χ2v) is 3.67. The van der Waals surface area contributed by atoms with Gasteiger partial charge in [-0.2, -0.15) is 0 Å². The summed E-state index contributed by atoms with van der Waals surface area (Å²) in [5, 5.41) is 8.74. The molecule has 0 saturated carbocycles. The molecular weight excluding hydrogens is 212 g/mol. The van der Waals surface area contributed by atoms with Crippen LogP contribution in [0.3, 0.4) is 0 Å². The van der Waals surface area contributed by atoms with E-state index >= 15 is 0 Å². The summed E-state index contributed by atoms with van der Waals surface area (Å²) in [6, 6.07) is 0. The summed E-state index contributed by atoms with van der Waals surface area (Å²) in [4.78, 5) is 0. The van der Waals surface area contributed by atoms with Crippen LogP contribution >= 0.6 is 0 Å². The van der Waals surface area contributed by atoms with Gasteiger partial charge in [0.05, 0.1) is 13.2 Å². The van der Waals surface area contributed by atoms with E-state index in [1.54, 1.807) is 0 Å². The van der Waals surface area contributed by atoms with Crippen LogP contribution in [0.15, 0.2) is 18.7 Å². The zero-order valence-electron chi connectivity index (χ0n) is 9.40. The fraction of sp³-hybridized carbons (Fsp3) is 0.727. The van der Waals surface area contributed by atoms with Crippen LogP contribution in [0.2, 0.25) is 0 Å². The molecule has 3 nitrogen and oxygen atoms in total. The highest BCUT2D eigenvalue weighted by Crippen LogP contribution is 1.98. The van der Waals surface area contributed by atoms with Gasteiger partial charge in [-0.1, -0.05) is 19.8 Å². The van der Waals surface area contributed by atoms with E-state index in [1.807, 2.05) is 10.8 Å². The highest BCUT2D eigenvalue weighted by atomic mass is 35.5. The van der Waals surface area contributed by atoms with Crippen molar-refractivity contribution >= 4 is 0 Å². The lowest BCUT2D eigenvalue weighted by Gasteiger charge is -1.96. The van der Waals surface area contributed by atoms with E-state index in [0.717, 1.165) is 6.54 Å². The molecule has 0 saturated heterocycles. The van der Waals surface area contributed by atoms with Gasteiger partial charge in [-0.25, -0.2) is 9.13 Å². The van der Waals surface area contributed by atoms with E-state index in [9.17, 15) is 0 Å². The van der Waals surface area contributed by atoms with Gasteiger partial charge in [0.1, 0.15) is 18.9 Å². The maximum absolute atomic E-state index is 8.74. The first-order valence-electron chi connectivity index (χ1n) is 5.52. The molecule has 15 heavy (non-hydrogen) atoms. The lowest BCUT2D eigenvalue weighted by atomic mass is 10.2. The van der Waals surface area contributed by atoms with Crippen LogP contribution < -0.4 is 17.0 Å². The second kappa shape index (κ2) is 8.74. The van der Waals surface area contributed by atoms with Gasteiger partial charge in [0.15, 0.2) is 0 Å². The molecule has 0 amide bonds. The molecule has 0 aliphatic carbocycles. The van der Waals surface area contributed by atoms with Crippen molar-refractivity contribution < 1.29 is 22.1 Å². The zero-order chi connectivity index (χ0) is 10.2. The molecule has 1 N–H and O–H groups in total. The standard InChI is InChI=1S/C11H21N2O.ClH/c1-2-3-4-5-6-12-7-8-13(11-12)9-10-14;/h7-8,11,14H,2-6,9-10H2,1H3;1H/q+1;/p-1. The van der Waals surface area contributed by atoms with Crippen molar-refractivity contribution in [3.05, 3.63) is 18.7 Å². The molecule has 4 heteroatoms. The molecule has 0 bridgehead atoms. The van der Waals surface area contributed by atoms with Gasteiger partial charge >= 0.3 is 0 Å². The van der Waals surface area contributed by atoms with E-state index in [4.69, 9.17) is 5.11 Å². The van der Waals surface area contributed by atoms with Gasteiger partial charge in [-0.05, 0) is 12.8 Å². The Morgan fingerprint density at radius 1 is 1.27 bits per heavy atom. The number of aromatic nitrogens is 2. The van der Waals surface area contributed by atoms with Crippen LogP contribution in [-0.4, -0.2) is 16.3 Å². The molecule has 1 rings (SSSR count). The number of imidazole rings is 1. The summed E-state index contributed by atoms with van der Waals surface area (Å²) < 4.78 is 4.20. The third-order valence-electron chi connectivity index (χ3n) is 2.37. The number of hydrogen-bond acceptors (Lipinski definition) is 1. The van der Waals surface area contributed by atoms with E-state index in [2.05, 4.69) is 24.0 Å². The Morgan fingerprint density at radius 2 is 2.07 bits per heavy atom. The highest BCUT2D eigenvalue weighted by Gasteiger charge is 2.01. The topological polar surface area (TPSA) is 29.0 Å². The van der Waals surface area contributed by atoms with Crippen LogP contribution in [0.1, 0.15) is 32.6 Å². The van der Waals surface area contributed by atoms with Crippen LogP contribution in [0.5, 0.6) is 0 Å². The summed E-state index contributed by atoms with van der Waals surface area (Å²) in [5.74, 6) is 0. The lowest BCUT2D eigenvalue weighted by Crippen LogP contribution is -3.00. The number of halogens is 1. The third kappa shape index (κ3) is 5.80. The van der Waals surface area contributed by atoms with Crippen molar-refractivity contribution in [2.24, 2.45) is 0 Å². The number of aryl methyl sites for hydroxylation is 1. The molecule has 0 aliphatic rings. The molecule has 0 spiro atoms. The highest BCUT2D eigenvalue weighted by molar-refractivity contribution is 4.65. The third-order valence-corrected chi connectivity index (χ3v) is 2.37. The minimum Gasteiger partial charge on any atom is -1.00 e. The molecule has 0 aliphatic heterocycles. The Hall–Kier alpha value is -0.540. The number of aliphatic hydroxyl groups is 1. The summed E-state index contributed by atoms with van der Waals surface area (Å²) in [6.45, 7) is 4.23. The van der Waals surface area contributed by atoms with Crippen molar-refractivity contribution in [3.8, 4) is 0 Å². The lowest BCUT2D eigenvalue weighted by molar-refractivity contribution is -0.696. The maximum Gasteiger partial charge on any atom is 0.243 e. The van der Waals surface area contributed by atoms with Gasteiger partial charge in [-0.15, -0.1) is 0 Å². The van der Waals surface area contributed by atoms with Crippen molar-refractivity contribution in [2.75, 3.05) is 6.61 Å². The second-order valence-electron chi connectivity index (χ2n) is 3.67. The summed E-state index contributed by atoms with van der Waals surface area (Å²) in [5.41, 5.74) is 0. The molecular formula is C11H21ClN2O. The van der Waals surface area contributed by atoms with Gasteiger partial charge < -0.3 is 17.5 Å².